The van der Waals surface area contributed by atoms with Gasteiger partial charge in [-0.15, -0.1) is 0 Å². The predicted octanol–water partition coefficient (Wildman–Crippen LogP) is 3.50. The van der Waals surface area contributed by atoms with Gasteiger partial charge in [0.15, 0.2) is 5.75 Å². The zero-order valence-corrected chi connectivity index (χ0v) is 10.7. The predicted molar refractivity (Wildman–Crippen MR) is 71.2 cm³/mol. The molecule has 0 aliphatic heterocycles. The Morgan fingerprint density at radius 1 is 1.22 bits per heavy atom. The quantitative estimate of drug-likeness (QED) is 0.823. The van der Waals surface area contributed by atoms with E-state index >= 15 is 0 Å². The molecule has 94 valence electrons. The number of benzene rings is 1. The third-order valence-electron chi connectivity index (χ3n) is 3.53. The van der Waals surface area contributed by atoms with Gasteiger partial charge in [0.25, 0.3) is 0 Å². The SMILES string of the molecule is Cc1ccccc1-n1cc(OC2CCCC2)cn1. The lowest BCUT2D eigenvalue weighted by atomic mass is 10.2. The van der Waals surface area contributed by atoms with Crippen LogP contribution in [0.5, 0.6) is 5.75 Å². The largest absolute Gasteiger partial charge is 0.487 e. The van der Waals surface area contributed by atoms with Crippen LogP contribution in [0.2, 0.25) is 0 Å². The highest BCUT2D eigenvalue weighted by molar-refractivity contribution is 5.40. The molecule has 1 aliphatic carbocycles. The fourth-order valence-corrected chi connectivity index (χ4v) is 2.52. The maximum atomic E-state index is 5.93. The van der Waals surface area contributed by atoms with Gasteiger partial charge >= 0.3 is 0 Å². The summed E-state index contributed by atoms with van der Waals surface area (Å²) in [4.78, 5) is 0. The van der Waals surface area contributed by atoms with Gasteiger partial charge in [0, 0.05) is 0 Å². The summed E-state index contributed by atoms with van der Waals surface area (Å²) in [5.74, 6) is 0.880. The maximum absolute atomic E-state index is 5.93. The van der Waals surface area contributed by atoms with Gasteiger partial charge in [0.05, 0.1) is 24.2 Å². The van der Waals surface area contributed by atoms with E-state index < -0.39 is 0 Å². The van der Waals surface area contributed by atoms with Crippen LogP contribution in [0.1, 0.15) is 31.2 Å². The van der Waals surface area contributed by atoms with Crippen LogP contribution in [0.15, 0.2) is 36.7 Å². The molecule has 0 amide bonds. The van der Waals surface area contributed by atoms with Gasteiger partial charge in [-0.2, -0.15) is 5.10 Å². The average Bonchev–Trinajstić information content (AvgIpc) is 3.02. The van der Waals surface area contributed by atoms with Crippen LogP contribution in [-0.2, 0) is 0 Å². The van der Waals surface area contributed by atoms with Crippen molar-refractivity contribution in [3.8, 4) is 11.4 Å². The summed E-state index contributed by atoms with van der Waals surface area (Å²) in [7, 11) is 0. The highest BCUT2D eigenvalue weighted by atomic mass is 16.5. The standard InChI is InChI=1S/C15H18N2O/c1-12-6-2-5-9-15(12)17-11-14(10-16-17)18-13-7-3-4-8-13/h2,5-6,9-11,13H,3-4,7-8H2,1H3. The second kappa shape index (κ2) is 4.84. The minimum Gasteiger partial charge on any atom is -0.487 e. The lowest BCUT2D eigenvalue weighted by molar-refractivity contribution is 0.210. The number of hydrogen-bond acceptors (Lipinski definition) is 2. The molecule has 0 N–H and O–H groups in total. The van der Waals surface area contributed by atoms with Crippen molar-refractivity contribution in [1.82, 2.24) is 9.78 Å². The number of aromatic nitrogens is 2. The number of rotatable bonds is 3. The fraction of sp³-hybridized carbons (Fsp3) is 0.400. The van der Waals surface area contributed by atoms with Gasteiger partial charge in [-0.3, -0.25) is 0 Å². The van der Waals surface area contributed by atoms with E-state index in [9.17, 15) is 0 Å². The molecule has 2 aromatic rings. The minimum atomic E-state index is 0.388. The third-order valence-corrected chi connectivity index (χ3v) is 3.53. The second-order valence-electron chi connectivity index (χ2n) is 4.93. The number of hydrogen-bond donors (Lipinski definition) is 0. The molecule has 0 radical (unpaired) electrons. The second-order valence-corrected chi connectivity index (χ2v) is 4.93. The molecule has 3 heteroatoms. The van der Waals surface area contributed by atoms with Crippen LogP contribution in [0.25, 0.3) is 5.69 Å². The Kier molecular flexibility index (Phi) is 3.05. The summed E-state index contributed by atoms with van der Waals surface area (Å²) in [5.41, 5.74) is 2.33. The average molecular weight is 242 g/mol. The van der Waals surface area contributed by atoms with E-state index in [2.05, 4.69) is 24.2 Å². The van der Waals surface area contributed by atoms with Crippen molar-refractivity contribution in [2.75, 3.05) is 0 Å². The number of nitrogens with zero attached hydrogens (tertiary/aromatic N) is 2. The minimum absolute atomic E-state index is 0.388. The number of ether oxygens (including phenoxy) is 1. The molecular weight excluding hydrogens is 224 g/mol. The van der Waals surface area contributed by atoms with Crippen molar-refractivity contribution < 1.29 is 4.74 Å². The van der Waals surface area contributed by atoms with Crippen LogP contribution < -0.4 is 4.74 Å². The number of para-hydroxylation sites is 1. The molecule has 18 heavy (non-hydrogen) atoms. The summed E-state index contributed by atoms with van der Waals surface area (Å²) in [6.45, 7) is 2.09. The first-order valence-corrected chi connectivity index (χ1v) is 6.60. The van der Waals surface area contributed by atoms with Crippen molar-refractivity contribution in [2.45, 2.75) is 38.7 Å². The maximum Gasteiger partial charge on any atom is 0.158 e. The van der Waals surface area contributed by atoms with Gasteiger partial charge in [0.1, 0.15) is 0 Å². The molecule has 0 bridgehead atoms. The molecule has 1 saturated carbocycles. The molecular formula is C15H18N2O. The Hall–Kier alpha value is -1.77. The van der Waals surface area contributed by atoms with E-state index in [0.717, 1.165) is 11.4 Å². The molecule has 1 fully saturated rings. The van der Waals surface area contributed by atoms with E-state index in [1.54, 1.807) is 0 Å². The molecule has 3 rings (SSSR count). The Labute approximate surface area is 107 Å². The van der Waals surface area contributed by atoms with Crippen molar-refractivity contribution in [1.29, 1.82) is 0 Å². The van der Waals surface area contributed by atoms with Gasteiger partial charge in [-0.25, -0.2) is 4.68 Å². The Balaban J connectivity index is 1.79. The molecule has 0 unspecified atom stereocenters. The summed E-state index contributed by atoms with van der Waals surface area (Å²) in [6, 6.07) is 8.23. The van der Waals surface area contributed by atoms with E-state index in [1.807, 2.05) is 29.2 Å². The van der Waals surface area contributed by atoms with Crippen molar-refractivity contribution in [2.24, 2.45) is 0 Å². The monoisotopic (exact) mass is 242 g/mol. The zero-order valence-electron chi connectivity index (χ0n) is 10.7. The van der Waals surface area contributed by atoms with Crippen molar-refractivity contribution >= 4 is 0 Å². The van der Waals surface area contributed by atoms with Crippen LogP contribution in [0.3, 0.4) is 0 Å². The van der Waals surface area contributed by atoms with Crippen molar-refractivity contribution in [3.05, 3.63) is 42.2 Å². The van der Waals surface area contributed by atoms with Crippen LogP contribution in [0.4, 0.5) is 0 Å². The summed E-state index contributed by atoms with van der Waals surface area (Å²) >= 11 is 0. The van der Waals surface area contributed by atoms with Crippen LogP contribution >= 0.6 is 0 Å². The first kappa shape index (κ1) is 11.3. The third kappa shape index (κ3) is 2.26. The Morgan fingerprint density at radius 2 is 2.00 bits per heavy atom. The number of aryl methyl sites for hydroxylation is 1. The molecule has 0 saturated heterocycles. The van der Waals surface area contributed by atoms with E-state index in [4.69, 9.17) is 4.74 Å². The normalized spacial score (nSPS) is 16.1. The molecule has 1 aromatic carbocycles. The van der Waals surface area contributed by atoms with Gasteiger partial charge in [0.2, 0.25) is 0 Å². The van der Waals surface area contributed by atoms with E-state index in [1.165, 1.54) is 31.2 Å². The fourth-order valence-electron chi connectivity index (χ4n) is 2.52. The van der Waals surface area contributed by atoms with Gasteiger partial charge in [-0.1, -0.05) is 18.2 Å². The van der Waals surface area contributed by atoms with Gasteiger partial charge in [-0.05, 0) is 44.2 Å². The topological polar surface area (TPSA) is 27.1 Å². The first-order valence-electron chi connectivity index (χ1n) is 6.60. The van der Waals surface area contributed by atoms with Crippen LogP contribution in [0, 0.1) is 6.92 Å². The molecule has 1 aliphatic rings. The molecule has 1 heterocycles. The molecule has 0 atom stereocenters. The summed E-state index contributed by atoms with van der Waals surface area (Å²) < 4.78 is 7.82. The smallest absolute Gasteiger partial charge is 0.158 e. The Morgan fingerprint density at radius 3 is 2.78 bits per heavy atom. The van der Waals surface area contributed by atoms with Crippen molar-refractivity contribution in [3.63, 3.8) is 0 Å². The first-order chi connectivity index (χ1) is 8.83. The highest BCUT2D eigenvalue weighted by Gasteiger charge is 2.17. The summed E-state index contributed by atoms with van der Waals surface area (Å²) in [5, 5.41) is 4.38. The lowest BCUT2D eigenvalue weighted by Crippen LogP contribution is -2.10. The lowest BCUT2D eigenvalue weighted by Gasteiger charge is -2.10. The molecule has 1 aromatic heterocycles. The molecule has 3 nitrogen and oxygen atoms in total. The highest BCUT2D eigenvalue weighted by Crippen LogP contribution is 2.24. The van der Waals surface area contributed by atoms with Gasteiger partial charge < -0.3 is 4.74 Å². The zero-order chi connectivity index (χ0) is 12.4. The summed E-state index contributed by atoms with van der Waals surface area (Å²) in [6.07, 6.45) is 9.10. The molecule has 0 spiro atoms. The van der Waals surface area contributed by atoms with E-state index in [-0.39, 0.29) is 0 Å². The van der Waals surface area contributed by atoms with E-state index in [0.29, 0.717) is 6.10 Å². The Bertz CT molecular complexity index is 527. The van der Waals surface area contributed by atoms with Crippen LogP contribution in [-0.4, -0.2) is 15.9 Å².